The third-order valence-corrected chi connectivity index (χ3v) is 3.33. The minimum absolute atomic E-state index is 0.695. The van der Waals surface area contributed by atoms with E-state index in [1.165, 1.54) is 23.4 Å². The van der Waals surface area contributed by atoms with Crippen LogP contribution in [0.4, 0.5) is 0 Å². The molecule has 1 heterocycles. The van der Waals surface area contributed by atoms with Gasteiger partial charge in [-0.1, -0.05) is 0 Å². The molecule has 1 aliphatic rings. The molecule has 0 saturated heterocycles. The molecule has 0 radical (unpaired) electrons. The van der Waals surface area contributed by atoms with E-state index in [1.54, 1.807) is 0 Å². The minimum Gasteiger partial charge on any atom is -0.330 e. The van der Waals surface area contributed by atoms with E-state index in [0.29, 0.717) is 11.8 Å². The van der Waals surface area contributed by atoms with Crippen molar-refractivity contribution >= 4 is 0 Å². The van der Waals surface area contributed by atoms with E-state index in [9.17, 15) is 0 Å². The van der Waals surface area contributed by atoms with Crippen LogP contribution in [0, 0.1) is 19.8 Å². The van der Waals surface area contributed by atoms with E-state index in [2.05, 4.69) is 30.6 Å². The van der Waals surface area contributed by atoms with Crippen molar-refractivity contribution < 1.29 is 0 Å². The Morgan fingerprint density at radius 2 is 2.21 bits per heavy atom. The third kappa shape index (κ3) is 1.36. The molecule has 1 aromatic heterocycles. The van der Waals surface area contributed by atoms with Gasteiger partial charge in [-0.05, 0) is 51.1 Å². The molecule has 0 spiro atoms. The molecule has 3 heteroatoms. The zero-order chi connectivity index (χ0) is 10.3. The van der Waals surface area contributed by atoms with Crippen LogP contribution in [0.15, 0.2) is 0 Å². The van der Waals surface area contributed by atoms with E-state index in [-0.39, 0.29) is 0 Å². The van der Waals surface area contributed by atoms with Gasteiger partial charge in [0.25, 0.3) is 0 Å². The number of hydrogen-bond donors (Lipinski definition) is 1. The predicted octanol–water partition coefficient (Wildman–Crippen LogP) is 1.58. The fourth-order valence-corrected chi connectivity index (χ4v) is 2.42. The Bertz CT molecular complexity index is 341. The maximum Gasteiger partial charge on any atom is 0.0631 e. The van der Waals surface area contributed by atoms with Gasteiger partial charge < -0.3 is 5.73 Å². The van der Waals surface area contributed by atoms with Gasteiger partial charge in [-0.3, -0.25) is 4.68 Å². The standard InChI is InChI=1S/C11H19N3/c1-4-14-8(3)11(7(2)13-14)10-5-9(10)6-12/h9-10H,4-6,12H2,1-3H3. The van der Waals surface area contributed by atoms with Crippen LogP contribution in [-0.4, -0.2) is 16.3 Å². The Hall–Kier alpha value is -0.830. The number of nitrogens with two attached hydrogens (primary N) is 1. The first kappa shape index (κ1) is 9.71. The average Bonchev–Trinajstić information content (AvgIpc) is 2.88. The van der Waals surface area contributed by atoms with Crippen LogP contribution in [0.5, 0.6) is 0 Å². The second kappa shape index (κ2) is 3.39. The Morgan fingerprint density at radius 1 is 1.50 bits per heavy atom. The Labute approximate surface area is 85.3 Å². The van der Waals surface area contributed by atoms with Crippen LogP contribution in [-0.2, 0) is 6.54 Å². The third-order valence-electron chi connectivity index (χ3n) is 3.33. The molecule has 0 aliphatic heterocycles. The summed E-state index contributed by atoms with van der Waals surface area (Å²) in [5.74, 6) is 1.40. The molecule has 0 amide bonds. The topological polar surface area (TPSA) is 43.8 Å². The second-order valence-corrected chi connectivity index (χ2v) is 4.24. The van der Waals surface area contributed by atoms with Gasteiger partial charge in [0.1, 0.15) is 0 Å². The van der Waals surface area contributed by atoms with Crippen LogP contribution >= 0.6 is 0 Å². The van der Waals surface area contributed by atoms with Crippen molar-refractivity contribution in [2.75, 3.05) is 6.54 Å². The SMILES string of the molecule is CCn1nc(C)c(C2CC2CN)c1C. The van der Waals surface area contributed by atoms with Gasteiger partial charge in [-0.15, -0.1) is 0 Å². The lowest BCUT2D eigenvalue weighted by molar-refractivity contribution is 0.633. The molecule has 2 atom stereocenters. The lowest BCUT2D eigenvalue weighted by Gasteiger charge is -2.01. The summed E-state index contributed by atoms with van der Waals surface area (Å²) in [6, 6.07) is 0. The van der Waals surface area contributed by atoms with Crippen molar-refractivity contribution in [1.29, 1.82) is 0 Å². The highest BCUT2D eigenvalue weighted by molar-refractivity contribution is 5.33. The van der Waals surface area contributed by atoms with Gasteiger partial charge >= 0.3 is 0 Å². The van der Waals surface area contributed by atoms with E-state index in [0.717, 1.165) is 13.1 Å². The summed E-state index contributed by atoms with van der Waals surface area (Å²) >= 11 is 0. The van der Waals surface area contributed by atoms with Crippen LogP contribution in [0.2, 0.25) is 0 Å². The van der Waals surface area contributed by atoms with Gasteiger partial charge in [0.2, 0.25) is 0 Å². The van der Waals surface area contributed by atoms with Crippen molar-refractivity contribution in [2.24, 2.45) is 11.7 Å². The molecule has 14 heavy (non-hydrogen) atoms. The Balaban J connectivity index is 2.29. The predicted molar refractivity (Wildman–Crippen MR) is 57.3 cm³/mol. The Morgan fingerprint density at radius 3 is 2.64 bits per heavy atom. The summed E-state index contributed by atoms with van der Waals surface area (Å²) in [6.07, 6.45) is 1.26. The molecule has 1 fully saturated rings. The summed E-state index contributed by atoms with van der Waals surface area (Å²) in [5.41, 5.74) is 9.67. The first-order valence-electron chi connectivity index (χ1n) is 5.43. The quantitative estimate of drug-likeness (QED) is 0.792. The smallest absolute Gasteiger partial charge is 0.0631 e. The van der Waals surface area contributed by atoms with Gasteiger partial charge in [0.05, 0.1) is 5.69 Å². The summed E-state index contributed by atoms with van der Waals surface area (Å²) in [6.45, 7) is 8.20. The van der Waals surface area contributed by atoms with Gasteiger partial charge in [-0.25, -0.2) is 0 Å². The van der Waals surface area contributed by atoms with E-state index >= 15 is 0 Å². The second-order valence-electron chi connectivity index (χ2n) is 4.24. The lowest BCUT2D eigenvalue weighted by atomic mass is 10.1. The van der Waals surface area contributed by atoms with Crippen molar-refractivity contribution in [3.63, 3.8) is 0 Å². The molecule has 2 rings (SSSR count). The average molecular weight is 193 g/mol. The van der Waals surface area contributed by atoms with Crippen LogP contribution in [0.3, 0.4) is 0 Å². The maximum atomic E-state index is 5.67. The zero-order valence-electron chi connectivity index (χ0n) is 9.25. The lowest BCUT2D eigenvalue weighted by Crippen LogP contribution is -2.03. The Kier molecular flexibility index (Phi) is 2.35. The van der Waals surface area contributed by atoms with E-state index in [1.807, 2.05) is 0 Å². The van der Waals surface area contributed by atoms with Crippen LogP contribution in [0.1, 0.15) is 36.2 Å². The van der Waals surface area contributed by atoms with Crippen molar-refractivity contribution in [3.05, 3.63) is 17.0 Å². The summed E-state index contributed by atoms with van der Waals surface area (Å²) in [5, 5.41) is 4.53. The van der Waals surface area contributed by atoms with Crippen molar-refractivity contribution in [2.45, 2.75) is 39.7 Å². The molecule has 1 aliphatic carbocycles. The first-order chi connectivity index (χ1) is 6.69. The fourth-order valence-electron chi connectivity index (χ4n) is 2.42. The maximum absolute atomic E-state index is 5.67. The van der Waals surface area contributed by atoms with Gasteiger partial charge in [0.15, 0.2) is 0 Å². The summed E-state index contributed by atoms with van der Waals surface area (Å²) < 4.78 is 2.09. The molecule has 1 aromatic rings. The zero-order valence-corrected chi connectivity index (χ0v) is 9.25. The molecular weight excluding hydrogens is 174 g/mol. The highest BCUT2D eigenvalue weighted by atomic mass is 15.3. The molecule has 1 saturated carbocycles. The van der Waals surface area contributed by atoms with Crippen molar-refractivity contribution in [3.8, 4) is 0 Å². The molecule has 78 valence electrons. The number of aromatic nitrogens is 2. The van der Waals surface area contributed by atoms with Crippen LogP contribution in [0.25, 0.3) is 0 Å². The molecule has 0 bridgehead atoms. The van der Waals surface area contributed by atoms with Crippen molar-refractivity contribution in [1.82, 2.24) is 9.78 Å². The fraction of sp³-hybridized carbons (Fsp3) is 0.727. The van der Waals surface area contributed by atoms with Gasteiger partial charge in [0, 0.05) is 12.2 Å². The summed E-state index contributed by atoms with van der Waals surface area (Å²) in [4.78, 5) is 0. The van der Waals surface area contributed by atoms with E-state index < -0.39 is 0 Å². The number of hydrogen-bond acceptors (Lipinski definition) is 2. The molecule has 0 aromatic carbocycles. The van der Waals surface area contributed by atoms with Crippen LogP contribution < -0.4 is 5.73 Å². The van der Waals surface area contributed by atoms with Gasteiger partial charge in [-0.2, -0.15) is 5.10 Å². The number of nitrogens with zero attached hydrogens (tertiary/aromatic N) is 2. The minimum atomic E-state index is 0.695. The highest BCUT2D eigenvalue weighted by Crippen LogP contribution is 2.48. The molecular formula is C11H19N3. The summed E-state index contributed by atoms with van der Waals surface area (Å²) in [7, 11) is 0. The molecule has 2 unspecified atom stereocenters. The highest BCUT2D eigenvalue weighted by Gasteiger charge is 2.40. The molecule has 3 nitrogen and oxygen atoms in total. The first-order valence-corrected chi connectivity index (χ1v) is 5.43. The largest absolute Gasteiger partial charge is 0.330 e. The normalized spacial score (nSPS) is 25.4. The monoisotopic (exact) mass is 193 g/mol. The number of rotatable bonds is 3. The molecule has 2 N–H and O–H groups in total. The number of aryl methyl sites for hydroxylation is 2. The van der Waals surface area contributed by atoms with E-state index in [4.69, 9.17) is 5.73 Å².